The van der Waals surface area contributed by atoms with Crippen molar-refractivity contribution in [1.29, 1.82) is 0 Å². The maximum Gasteiger partial charge on any atom is 0.320 e. The van der Waals surface area contributed by atoms with E-state index < -0.39 is 11.4 Å². The van der Waals surface area contributed by atoms with Crippen LogP contribution in [0.5, 0.6) is 0 Å². The van der Waals surface area contributed by atoms with Crippen LogP contribution in [0.3, 0.4) is 0 Å². The molecule has 5 nitrogen and oxygen atoms in total. The van der Waals surface area contributed by atoms with Gasteiger partial charge in [0.25, 0.3) is 0 Å². The average Bonchev–Trinajstić information content (AvgIpc) is 2.84. The number of piperidine rings is 1. The highest BCUT2D eigenvalue weighted by molar-refractivity contribution is 5.80. The van der Waals surface area contributed by atoms with Crippen molar-refractivity contribution in [3.63, 3.8) is 0 Å². The average molecular weight is 282 g/mol. The first kappa shape index (κ1) is 15.1. The lowest BCUT2D eigenvalue weighted by Crippen LogP contribution is -2.53. The first-order valence-corrected chi connectivity index (χ1v) is 7.72. The van der Waals surface area contributed by atoms with Crippen LogP contribution in [0, 0.1) is 5.41 Å². The van der Waals surface area contributed by atoms with Crippen LogP contribution < -0.4 is 0 Å². The summed E-state index contributed by atoms with van der Waals surface area (Å²) in [4.78, 5) is 27.9. The van der Waals surface area contributed by atoms with Gasteiger partial charge in [0, 0.05) is 25.2 Å². The second-order valence-electron chi connectivity index (χ2n) is 6.43. The summed E-state index contributed by atoms with van der Waals surface area (Å²) in [6, 6.07) is 0.543. The predicted molar refractivity (Wildman–Crippen MR) is 76.6 cm³/mol. The molecule has 114 valence electrons. The van der Waals surface area contributed by atoms with Crippen molar-refractivity contribution in [3.05, 3.63) is 0 Å². The Balaban J connectivity index is 2.09. The molecule has 0 aromatic rings. The highest BCUT2D eigenvalue weighted by Gasteiger charge is 2.46. The largest absolute Gasteiger partial charge is 0.481 e. The summed E-state index contributed by atoms with van der Waals surface area (Å²) in [5, 5.41) is 9.43. The van der Waals surface area contributed by atoms with E-state index >= 15 is 0 Å². The van der Waals surface area contributed by atoms with E-state index in [1.165, 1.54) is 6.42 Å². The van der Waals surface area contributed by atoms with Gasteiger partial charge in [-0.2, -0.15) is 0 Å². The molecule has 2 aliphatic heterocycles. The number of aliphatic carboxylic acids is 1. The fraction of sp³-hybridized carbons (Fsp3) is 0.867. The Morgan fingerprint density at radius 1 is 1.25 bits per heavy atom. The molecule has 0 aliphatic carbocycles. The van der Waals surface area contributed by atoms with Crippen molar-refractivity contribution < 1.29 is 14.7 Å². The zero-order valence-electron chi connectivity index (χ0n) is 12.8. The Labute approximate surface area is 120 Å². The van der Waals surface area contributed by atoms with Crippen molar-refractivity contribution in [3.8, 4) is 0 Å². The Bertz CT molecular complexity index is 389. The number of urea groups is 1. The molecule has 2 fully saturated rings. The molecule has 0 spiro atoms. The Morgan fingerprint density at radius 3 is 2.30 bits per heavy atom. The molecule has 1 unspecified atom stereocenters. The van der Waals surface area contributed by atoms with Gasteiger partial charge in [0.1, 0.15) is 0 Å². The van der Waals surface area contributed by atoms with Crippen molar-refractivity contribution in [2.24, 2.45) is 5.41 Å². The Kier molecular flexibility index (Phi) is 4.25. The van der Waals surface area contributed by atoms with Gasteiger partial charge in [-0.15, -0.1) is 0 Å². The lowest BCUT2D eigenvalue weighted by atomic mass is 9.84. The molecular formula is C15H26N2O3. The summed E-state index contributed by atoms with van der Waals surface area (Å²) in [7, 11) is 0. The number of hydrogen-bond donors (Lipinski definition) is 1. The number of nitrogens with zero attached hydrogens (tertiary/aromatic N) is 2. The molecular weight excluding hydrogens is 256 g/mol. The molecule has 2 rings (SSSR count). The van der Waals surface area contributed by atoms with E-state index in [4.69, 9.17) is 0 Å². The minimum atomic E-state index is -0.768. The number of carboxylic acids is 1. The van der Waals surface area contributed by atoms with Gasteiger partial charge in [-0.1, -0.05) is 6.92 Å². The summed E-state index contributed by atoms with van der Waals surface area (Å²) < 4.78 is 0. The Hall–Kier alpha value is -1.26. The minimum Gasteiger partial charge on any atom is -0.481 e. The van der Waals surface area contributed by atoms with E-state index in [2.05, 4.69) is 13.8 Å². The quantitative estimate of drug-likeness (QED) is 0.846. The lowest BCUT2D eigenvalue weighted by molar-refractivity contribution is -0.148. The standard InChI is InChI=1S/C15H26N2O3/c1-4-15(13(18)19)8-9-16(10-15)14(20)17-11(2)6-5-7-12(17)3/h11-12H,4-10H2,1-3H3,(H,18,19)/t11-,12+,15?. The topological polar surface area (TPSA) is 60.9 Å². The fourth-order valence-corrected chi connectivity index (χ4v) is 3.61. The molecule has 0 aromatic heterocycles. The van der Waals surface area contributed by atoms with Crippen LogP contribution in [0.4, 0.5) is 4.79 Å². The third-order valence-corrected chi connectivity index (χ3v) is 5.17. The highest BCUT2D eigenvalue weighted by Crippen LogP contribution is 2.35. The number of carbonyl (C=O) groups is 2. The first-order chi connectivity index (χ1) is 9.41. The summed E-state index contributed by atoms with van der Waals surface area (Å²) in [6.45, 7) is 7.00. The van der Waals surface area contributed by atoms with E-state index in [1.807, 2.05) is 11.8 Å². The van der Waals surface area contributed by atoms with Crippen LogP contribution >= 0.6 is 0 Å². The number of hydrogen-bond acceptors (Lipinski definition) is 2. The number of carboxylic acid groups (broad SMARTS) is 1. The number of amides is 2. The number of likely N-dealkylation sites (tertiary alicyclic amines) is 2. The third kappa shape index (κ3) is 2.50. The van der Waals surface area contributed by atoms with E-state index in [9.17, 15) is 14.7 Å². The second-order valence-corrected chi connectivity index (χ2v) is 6.43. The molecule has 20 heavy (non-hydrogen) atoms. The van der Waals surface area contributed by atoms with E-state index in [-0.39, 0.29) is 18.1 Å². The van der Waals surface area contributed by atoms with Crippen LogP contribution in [-0.4, -0.2) is 52.1 Å². The van der Waals surface area contributed by atoms with Gasteiger partial charge in [0.15, 0.2) is 0 Å². The van der Waals surface area contributed by atoms with Crippen LogP contribution in [0.15, 0.2) is 0 Å². The molecule has 2 saturated heterocycles. The lowest BCUT2D eigenvalue weighted by Gasteiger charge is -2.41. The molecule has 1 N–H and O–H groups in total. The molecule has 3 atom stereocenters. The second kappa shape index (κ2) is 5.62. The normalized spacial score (nSPS) is 34.4. The summed E-state index contributed by atoms with van der Waals surface area (Å²) in [5.74, 6) is -0.768. The van der Waals surface area contributed by atoms with Crippen molar-refractivity contribution >= 4 is 12.0 Å². The van der Waals surface area contributed by atoms with Crippen molar-refractivity contribution in [1.82, 2.24) is 9.80 Å². The van der Waals surface area contributed by atoms with Gasteiger partial charge in [0.05, 0.1) is 5.41 Å². The van der Waals surface area contributed by atoms with E-state index in [0.29, 0.717) is 25.9 Å². The monoisotopic (exact) mass is 282 g/mol. The zero-order valence-corrected chi connectivity index (χ0v) is 12.8. The number of rotatable bonds is 2. The highest BCUT2D eigenvalue weighted by atomic mass is 16.4. The van der Waals surface area contributed by atoms with Crippen LogP contribution in [0.25, 0.3) is 0 Å². The molecule has 5 heteroatoms. The van der Waals surface area contributed by atoms with Gasteiger partial charge >= 0.3 is 12.0 Å². The van der Waals surface area contributed by atoms with E-state index in [1.54, 1.807) is 4.90 Å². The molecule has 2 amide bonds. The van der Waals surface area contributed by atoms with Gasteiger partial charge in [-0.3, -0.25) is 4.79 Å². The third-order valence-electron chi connectivity index (χ3n) is 5.17. The molecule has 0 bridgehead atoms. The van der Waals surface area contributed by atoms with E-state index in [0.717, 1.165) is 12.8 Å². The van der Waals surface area contributed by atoms with Crippen molar-refractivity contribution in [2.75, 3.05) is 13.1 Å². The van der Waals surface area contributed by atoms with Crippen LogP contribution in [0.2, 0.25) is 0 Å². The van der Waals surface area contributed by atoms with Crippen LogP contribution in [0.1, 0.15) is 52.9 Å². The molecule has 2 aliphatic rings. The minimum absolute atomic E-state index is 0.0290. The Morgan fingerprint density at radius 2 is 1.85 bits per heavy atom. The summed E-state index contributed by atoms with van der Waals surface area (Å²) >= 11 is 0. The van der Waals surface area contributed by atoms with Gasteiger partial charge in [-0.05, 0) is 46.0 Å². The summed E-state index contributed by atoms with van der Waals surface area (Å²) in [5.41, 5.74) is -0.738. The maximum atomic E-state index is 12.7. The predicted octanol–water partition coefficient (Wildman–Crippen LogP) is 2.56. The van der Waals surface area contributed by atoms with Gasteiger partial charge in [0.2, 0.25) is 0 Å². The summed E-state index contributed by atoms with van der Waals surface area (Å²) in [6.07, 6.45) is 4.40. The van der Waals surface area contributed by atoms with Gasteiger partial charge < -0.3 is 14.9 Å². The molecule has 0 saturated carbocycles. The SMILES string of the molecule is CCC1(C(=O)O)CCN(C(=O)N2[C@H](C)CCC[C@@H]2C)C1. The zero-order chi connectivity index (χ0) is 14.9. The molecule has 0 radical (unpaired) electrons. The van der Waals surface area contributed by atoms with Crippen molar-refractivity contribution in [2.45, 2.75) is 65.0 Å². The molecule has 0 aromatic carbocycles. The van der Waals surface area contributed by atoms with Gasteiger partial charge in [-0.25, -0.2) is 4.79 Å². The maximum absolute atomic E-state index is 12.7. The number of carbonyl (C=O) groups excluding carboxylic acids is 1. The first-order valence-electron chi connectivity index (χ1n) is 7.72. The van der Waals surface area contributed by atoms with Crippen LogP contribution in [-0.2, 0) is 4.79 Å². The smallest absolute Gasteiger partial charge is 0.320 e. The fourth-order valence-electron chi connectivity index (χ4n) is 3.61. The molecule has 2 heterocycles.